The van der Waals surface area contributed by atoms with Crippen LogP contribution in [0.4, 0.5) is 0 Å². The van der Waals surface area contributed by atoms with Crippen molar-refractivity contribution in [2.75, 3.05) is 19.7 Å². The number of carbonyl (C=O) groups is 1. The summed E-state index contributed by atoms with van der Waals surface area (Å²) >= 11 is 0. The number of nitrogens with one attached hydrogen (secondary N) is 1. The van der Waals surface area contributed by atoms with E-state index in [1.54, 1.807) is 13.8 Å². The predicted molar refractivity (Wildman–Crippen MR) is 136 cm³/mol. The number of nitrogens with zero attached hydrogens (tertiary/aromatic N) is 3. The van der Waals surface area contributed by atoms with E-state index < -0.39 is 79.3 Å². The predicted octanol–water partition coefficient (Wildman–Crippen LogP) is -0.297. The molecule has 2 aliphatic rings. The van der Waals surface area contributed by atoms with Crippen LogP contribution >= 0.6 is 0 Å². The Hall–Kier alpha value is -1.58. The number of rotatable bonds is 13. The molecule has 2 saturated heterocycles. The number of nitrogens with two attached hydrogens (primary N) is 1. The van der Waals surface area contributed by atoms with Gasteiger partial charge in [0.2, 0.25) is 0 Å². The van der Waals surface area contributed by atoms with Gasteiger partial charge in [-0.1, -0.05) is 32.3 Å². The molecule has 1 amide bonds. The molecule has 14 nitrogen and oxygen atoms in total. The molecular formula is C24H45N5O9. The number of amides is 1. The van der Waals surface area contributed by atoms with Crippen molar-refractivity contribution in [3.8, 4) is 0 Å². The van der Waals surface area contributed by atoms with Gasteiger partial charge in [0.25, 0.3) is 5.91 Å². The Morgan fingerprint density at radius 2 is 1.87 bits per heavy atom. The molecule has 0 saturated carbocycles. The van der Waals surface area contributed by atoms with E-state index in [9.17, 15) is 25.2 Å². The van der Waals surface area contributed by atoms with E-state index in [1.165, 1.54) is 0 Å². The number of ether oxygens (including phenoxy) is 4. The summed E-state index contributed by atoms with van der Waals surface area (Å²) in [5, 5.41) is 48.6. The lowest BCUT2D eigenvalue weighted by molar-refractivity contribution is -0.334. The van der Waals surface area contributed by atoms with Crippen LogP contribution in [-0.4, -0.2) is 113 Å². The summed E-state index contributed by atoms with van der Waals surface area (Å²) in [7, 11) is 0. The molecule has 0 bridgehead atoms. The van der Waals surface area contributed by atoms with Crippen LogP contribution in [0.2, 0.25) is 0 Å². The lowest BCUT2D eigenvalue weighted by Crippen LogP contribution is -2.68. The van der Waals surface area contributed by atoms with Crippen molar-refractivity contribution in [2.24, 2.45) is 16.8 Å². The van der Waals surface area contributed by atoms with Crippen LogP contribution in [-0.2, 0) is 23.7 Å². The first-order valence-corrected chi connectivity index (χ1v) is 13.3. The van der Waals surface area contributed by atoms with E-state index in [4.69, 9.17) is 30.2 Å². The molecule has 0 aromatic heterocycles. The maximum absolute atomic E-state index is 13.1. The van der Waals surface area contributed by atoms with E-state index >= 15 is 0 Å². The van der Waals surface area contributed by atoms with E-state index in [-0.39, 0.29) is 19.0 Å². The molecule has 0 aromatic carbocycles. The number of azide groups is 1. The Morgan fingerprint density at radius 1 is 1.18 bits per heavy atom. The first-order valence-electron chi connectivity index (χ1n) is 13.3. The Bertz CT molecular complexity index is 799. The van der Waals surface area contributed by atoms with E-state index in [0.717, 1.165) is 6.42 Å². The van der Waals surface area contributed by atoms with Crippen LogP contribution < -0.4 is 11.1 Å². The SMILES string of the molecule is CC[C@H](C)[C@@H]1OC(CO)[C@@H](O)[C@H](O[C@@H]2OC(C(=O)NCCCN=[N+]=[N-])[C@@H](OC(C)(C)CC)C(O)[C@@H]2O)C1N. The average molecular weight is 548 g/mol. The highest BCUT2D eigenvalue weighted by atomic mass is 16.7. The van der Waals surface area contributed by atoms with Crippen molar-refractivity contribution in [2.45, 2.75) is 121 Å². The van der Waals surface area contributed by atoms with Crippen molar-refractivity contribution < 1.29 is 44.2 Å². The van der Waals surface area contributed by atoms with Crippen molar-refractivity contribution in [1.29, 1.82) is 0 Å². The summed E-state index contributed by atoms with van der Waals surface area (Å²) < 4.78 is 23.7. The summed E-state index contributed by atoms with van der Waals surface area (Å²) in [6, 6.07) is -0.850. The monoisotopic (exact) mass is 547 g/mol. The van der Waals surface area contributed by atoms with Crippen molar-refractivity contribution in [3.05, 3.63) is 10.4 Å². The maximum atomic E-state index is 13.1. The molecule has 7 N–H and O–H groups in total. The van der Waals surface area contributed by atoms with E-state index in [0.29, 0.717) is 12.8 Å². The second kappa shape index (κ2) is 14.7. The topological polar surface area (TPSA) is 222 Å². The number of hydrogen-bond donors (Lipinski definition) is 6. The standard InChI is InChI=1S/C24H45N5O9/c1-6-12(3)18-14(25)19(15(31)13(11-30)35-18)36-23-17(33)16(32)20(38-24(4,5)7-2)21(37-23)22(34)27-9-8-10-28-29-26/h12-21,23,30-33H,6-11,25H2,1-5H3,(H,27,34)/t12-,13?,14?,15+,16?,17-,18-,19+,20-,21?,23+/m0/s1. The van der Waals surface area contributed by atoms with Crippen LogP contribution in [0.1, 0.15) is 53.9 Å². The molecule has 2 fully saturated rings. The Labute approximate surface area is 223 Å². The molecule has 0 spiro atoms. The van der Waals surface area contributed by atoms with Gasteiger partial charge in [0, 0.05) is 18.0 Å². The molecule has 0 aliphatic carbocycles. The van der Waals surface area contributed by atoms with Gasteiger partial charge in [-0.05, 0) is 38.1 Å². The highest BCUT2D eigenvalue weighted by Crippen LogP contribution is 2.33. The van der Waals surface area contributed by atoms with Crippen LogP contribution in [0.25, 0.3) is 10.4 Å². The highest BCUT2D eigenvalue weighted by molar-refractivity contribution is 5.81. The molecule has 2 aliphatic heterocycles. The zero-order valence-corrected chi connectivity index (χ0v) is 22.8. The fraction of sp³-hybridized carbons (Fsp3) is 0.958. The first kappa shape index (κ1) is 32.6. The minimum Gasteiger partial charge on any atom is -0.394 e. The summed E-state index contributed by atoms with van der Waals surface area (Å²) in [5.41, 5.74) is 14.1. The second-order valence-electron chi connectivity index (χ2n) is 10.6. The molecule has 0 radical (unpaired) electrons. The van der Waals surface area contributed by atoms with Crippen LogP contribution in [0.3, 0.4) is 0 Å². The molecule has 4 unspecified atom stereocenters. The minimum atomic E-state index is -1.64. The largest absolute Gasteiger partial charge is 0.394 e. The van der Waals surface area contributed by atoms with Gasteiger partial charge in [0.05, 0.1) is 24.4 Å². The maximum Gasteiger partial charge on any atom is 0.252 e. The van der Waals surface area contributed by atoms with Crippen LogP contribution in [0.5, 0.6) is 0 Å². The van der Waals surface area contributed by atoms with E-state index in [1.807, 2.05) is 20.8 Å². The number of hydrogen-bond acceptors (Lipinski definition) is 11. The summed E-state index contributed by atoms with van der Waals surface area (Å²) in [6.45, 7) is 9.18. The second-order valence-corrected chi connectivity index (χ2v) is 10.6. The van der Waals surface area contributed by atoms with Gasteiger partial charge in [-0.25, -0.2) is 0 Å². The molecule has 2 rings (SSSR count). The van der Waals surface area contributed by atoms with Gasteiger partial charge in [0.1, 0.15) is 36.6 Å². The van der Waals surface area contributed by atoms with Crippen LogP contribution in [0, 0.1) is 5.92 Å². The first-order chi connectivity index (χ1) is 17.9. The fourth-order valence-electron chi connectivity index (χ4n) is 4.47. The quantitative estimate of drug-likeness (QED) is 0.0764. The van der Waals surface area contributed by atoms with Gasteiger partial charge in [-0.3, -0.25) is 4.79 Å². The molecule has 0 aromatic rings. The lowest BCUT2D eigenvalue weighted by Gasteiger charge is -2.48. The van der Waals surface area contributed by atoms with Gasteiger partial charge in [-0.2, -0.15) is 0 Å². The minimum absolute atomic E-state index is 0.0293. The van der Waals surface area contributed by atoms with Gasteiger partial charge >= 0.3 is 0 Å². The molecule has 38 heavy (non-hydrogen) atoms. The third-order valence-corrected chi connectivity index (χ3v) is 7.39. The zero-order valence-electron chi connectivity index (χ0n) is 22.8. The fourth-order valence-corrected chi connectivity index (χ4v) is 4.47. The van der Waals surface area contributed by atoms with Crippen molar-refractivity contribution >= 4 is 5.91 Å². The van der Waals surface area contributed by atoms with Gasteiger partial charge in [0.15, 0.2) is 12.4 Å². The number of carbonyl (C=O) groups excluding carboxylic acids is 1. The third kappa shape index (κ3) is 7.98. The Kier molecular flexibility index (Phi) is 12.6. The zero-order chi connectivity index (χ0) is 28.6. The molecule has 2 heterocycles. The van der Waals surface area contributed by atoms with Gasteiger partial charge in [-0.15, -0.1) is 0 Å². The summed E-state index contributed by atoms with van der Waals surface area (Å²) in [6.07, 6.45) is -9.77. The smallest absolute Gasteiger partial charge is 0.252 e. The third-order valence-electron chi connectivity index (χ3n) is 7.39. The normalized spacial score (nSPS) is 36.8. The number of aliphatic hydroxyl groups excluding tert-OH is 4. The number of aliphatic hydroxyl groups is 4. The molecular weight excluding hydrogens is 502 g/mol. The highest BCUT2D eigenvalue weighted by Gasteiger charge is 2.53. The van der Waals surface area contributed by atoms with Crippen molar-refractivity contribution in [1.82, 2.24) is 5.32 Å². The summed E-state index contributed by atoms with van der Waals surface area (Å²) in [5.74, 6) is -0.650. The van der Waals surface area contributed by atoms with E-state index in [2.05, 4.69) is 15.3 Å². The van der Waals surface area contributed by atoms with Crippen LogP contribution in [0.15, 0.2) is 5.11 Å². The molecule has 220 valence electrons. The van der Waals surface area contributed by atoms with Crippen molar-refractivity contribution in [3.63, 3.8) is 0 Å². The molecule has 14 heteroatoms. The lowest BCUT2D eigenvalue weighted by atomic mass is 9.86. The summed E-state index contributed by atoms with van der Waals surface area (Å²) in [4.78, 5) is 15.8. The Morgan fingerprint density at radius 3 is 2.45 bits per heavy atom. The Balaban J connectivity index is 2.28. The van der Waals surface area contributed by atoms with Gasteiger partial charge < -0.3 is 50.4 Å². The average Bonchev–Trinajstić information content (AvgIpc) is 2.89. The molecule has 11 atom stereocenters.